The van der Waals surface area contributed by atoms with Crippen molar-refractivity contribution in [3.63, 3.8) is 0 Å². The fourth-order valence-electron chi connectivity index (χ4n) is 1.79. The molecule has 1 aromatic heterocycles. The molecule has 0 bridgehead atoms. The Balaban J connectivity index is 2.35. The molecule has 0 aromatic carbocycles. The minimum Gasteiger partial charge on any atom is -0.477 e. The number of amides is 1. The van der Waals surface area contributed by atoms with Crippen molar-refractivity contribution >= 4 is 33.2 Å². The highest BCUT2D eigenvalue weighted by Gasteiger charge is 2.36. The Kier molecular flexibility index (Phi) is 3.61. The maximum Gasteiger partial charge on any atom is 0.345 e. The number of sulfonamides is 1. The maximum atomic E-state index is 12.3. The van der Waals surface area contributed by atoms with Crippen molar-refractivity contribution in [2.45, 2.75) is 17.9 Å². The number of hydrogen-bond acceptors (Lipinski definition) is 5. The van der Waals surface area contributed by atoms with Gasteiger partial charge in [-0.3, -0.25) is 4.79 Å². The predicted molar refractivity (Wildman–Crippen MR) is 67.6 cm³/mol. The standard InChI is InChI=1S/C10H12N2O5S2/c1-6-9(13)11-2-3-12(6)19(16,17)7-4-8(10(14)15)18-5-7/h4-6H,2-3H2,1H3,(H,11,13)(H,14,15). The Morgan fingerprint density at radius 3 is 2.84 bits per heavy atom. The monoisotopic (exact) mass is 304 g/mol. The molecule has 1 saturated heterocycles. The predicted octanol–water partition coefficient (Wildman–Crippen LogP) is -0.0447. The van der Waals surface area contributed by atoms with E-state index < -0.39 is 22.0 Å². The lowest BCUT2D eigenvalue weighted by Gasteiger charge is -2.31. The Hall–Kier alpha value is -1.45. The summed E-state index contributed by atoms with van der Waals surface area (Å²) in [5, 5.41) is 12.7. The highest BCUT2D eigenvalue weighted by Crippen LogP contribution is 2.24. The van der Waals surface area contributed by atoms with Crippen molar-refractivity contribution in [1.29, 1.82) is 0 Å². The lowest BCUT2D eigenvalue weighted by molar-refractivity contribution is -0.126. The van der Waals surface area contributed by atoms with Crippen LogP contribution >= 0.6 is 11.3 Å². The van der Waals surface area contributed by atoms with Gasteiger partial charge in [-0.25, -0.2) is 13.2 Å². The molecule has 1 atom stereocenters. The Morgan fingerprint density at radius 2 is 2.26 bits per heavy atom. The third-order valence-electron chi connectivity index (χ3n) is 2.84. The van der Waals surface area contributed by atoms with Gasteiger partial charge in [0.2, 0.25) is 15.9 Å². The molecule has 19 heavy (non-hydrogen) atoms. The molecule has 0 radical (unpaired) electrons. The van der Waals surface area contributed by atoms with Crippen molar-refractivity contribution in [3.05, 3.63) is 16.3 Å². The fourth-order valence-corrected chi connectivity index (χ4v) is 4.48. The van der Waals surface area contributed by atoms with Crippen molar-refractivity contribution in [3.8, 4) is 0 Å². The number of carbonyl (C=O) groups is 2. The summed E-state index contributed by atoms with van der Waals surface area (Å²) in [6.45, 7) is 1.92. The molecule has 1 aliphatic heterocycles. The molecule has 0 saturated carbocycles. The topological polar surface area (TPSA) is 104 Å². The van der Waals surface area contributed by atoms with Crippen molar-refractivity contribution < 1.29 is 23.1 Å². The molecule has 1 aromatic rings. The highest BCUT2D eigenvalue weighted by atomic mass is 32.2. The number of carboxylic acid groups (broad SMARTS) is 1. The average molecular weight is 304 g/mol. The Morgan fingerprint density at radius 1 is 1.58 bits per heavy atom. The maximum absolute atomic E-state index is 12.3. The number of carboxylic acids is 1. The molecule has 104 valence electrons. The van der Waals surface area contributed by atoms with E-state index in [0.717, 1.165) is 21.7 Å². The van der Waals surface area contributed by atoms with Gasteiger partial charge in [0.05, 0.1) is 4.90 Å². The van der Waals surface area contributed by atoms with Gasteiger partial charge in [-0.1, -0.05) is 0 Å². The van der Waals surface area contributed by atoms with Gasteiger partial charge in [0, 0.05) is 18.5 Å². The number of carbonyl (C=O) groups excluding carboxylic acids is 1. The quantitative estimate of drug-likeness (QED) is 0.815. The van der Waals surface area contributed by atoms with Crippen LogP contribution in [0.5, 0.6) is 0 Å². The number of nitrogens with one attached hydrogen (secondary N) is 1. The van der Waals surface area contributed by atoms with Crippen LogP contribution in [0.15, 0.2) is 16.3 Å². The largest absolute Gasteiger partial charge is 0.477 e. The van der Waals surface area contributed by atoms with Crippen LogP contribution in [0.4, 0.5) is 0 Å². The van der Waals surface area contributed by atoms with E-state index in [4.69, 9.17) is 5.11 Å². The number of aromatic carboxylic acids is 1. The minimum absolute atomic E-state index is 0.0484. The molecule has 1 aliphatic rings. The summed E-state index contributed by atoms with van der Waals surface area (Å²) in [7, 11) is -3.84. The molecule has 2 heterocycles. The summed E-state index contributed by atoms with van der Waals surface area (Å²) in [6, 6.07) is 0.314. The van der Waals surface area contributed by atoms with E-state index in [2.05, 4.69) is 5.32 Å². The third kappa shape index (κ3) is 2.48. The van der Waals surface area contributed by atoms with E-state index in [0.29, 0.717) is 0 Å². The van der Waals surface area contributed by atoms with Gasteiger partial charge in [-0.15, -0.1) is 11.3 Å². The van der Waals surface area contributed by atoms with Gasteiger partial charge >= 0.3 is 5.97 Å². The highest BCUT2D eigenvalue weighted by molar-refractivity contribution is 7.89. The van der Waals surface area contributed by atoms with E-state index in [1.54, 1.807) is 0 Å². The molecule has 1 amide bonds. The van der Waals surface area contributed by atoms with Crippen molar-refractivity contribution in [1.82, 2.24) is 9.62 Å². The van der Waals surface area contributed by atoms with E-state index in [1.807, 2.05) is 0 Å². The van der Waals surface area contributed by atoms with Crippen LogP contribution in [0.2, 0.25) is 0 Å². The molecule has 1 unspecified atom stereocenters. The molecule has 2 rings (SSSR count). The van der Waals surface area contributed by atoms with Gasteiger partial charge in [0.15, 0.2) is 0 Å². The van der Waals surface area contributed by atoms with Gasteiger partial charge in [0.25, 0.3) is 0 Å². The van der Waals surface area contributed by atoms with E-state index in [-0.39, 0.29) is 28.8 Å². The van der Waals surface area contributed by atoms with Crippen LogP contribution in [0.1, 0.15) is 16.6 Å². The summed E-state index contributed by atoms with van der Waals surface area (Å²) in [5.74, 6) is -1.53. The number of rotatable bonds is 3. The molecular weight excluding hydrogens is 292 g/mol. The van der Waals surface area contributed by atoms with E-state index >= 15 is 0 Å². The first-order chi connectivity index (χ1) is 8.84. The van der Waals surface area contributed by atoms with Gasteiger partial charge < -0.3 is 10.4 Å². The molecule has 0 aliphatic carbocycles. The molecule has 1 fully saturated rings. The Labute approximate surface area is 113 Å². The normalized spacial score (nSPS) is 21.1. The van der Waals surface area contributed by atoms with Gasteiger partial charge in [0.1, 0.15) is 10.9 Å². The molecule has 0 spiro atoms. The zero-order valence-electron chi connectivity index (χ0n) is 9.99. The number of thiophene rings is 1. The van der Waals surface area contributed by atoms with Gasteiger partial charge in [-0.2, -0.15) is 4.31 Å². The number of piperazine rings is 1. The fraction of sp³-hybridized carbons (Fsp3) is 0.400. The first-order valence-electron chi connectivity index (χ1n) is 5.45. The number of hydrogen-bond donors (Lipinski definition) is 2. The van der Waals surface area contributed by atoms with Crippen LogP contribution in [0.3, 0.4) is 0 Å². The zero-order chi connectivity index (χ0) is 14.2. The smallest absolute Gasteiger partial charge is 0.345 e. The summed E-state index contributed by atoms with van der Waals surface area (Å²) >= 11 is 0.845. The first kappa shape index (κ1) is 14.0. The minimum atomic E-state index is -3.84. The lowest BCUT2D eigenvalue weighted by atomic mass is 10.2. The molecule has 2 N–H and O–H groups in total. The van der Waals surface area contributed by atoms with E-state index in [1.165, 1.54) is 12.3 Å². The SMILES string of the molecule is CC1C(=O)NCCN1S(=O)(=O)c1csc(C(=O)O)c1. The van der Waals surface area contributed by atoms with Crippen LogP contribution in [0.25, 0.3) is 0 Å². The second-order valence-electron chi connectivity index (χ2n) is 4.03. The summed E-state index contributed by atoms with van der Waals surface area (Å²) in [6.07, 6.45) is 0. The first-order valence-corrected chi connectivity index (χ1v) is 7.77. The van der Waals surface area contributed by atoms with Crippen LogP contribution < -0.4 is 5.32 Å². The van der Waals surface area contributed by atoms with Crippen LogP contribution in [0, 0.1) is 0 Å². The summed E-state index contributed by atoms with van der Waals surface area (Å²) in [4.78, 5) is 22.1. The van der Waals surface area contributed by atoms with Crippen LogP contribution in [-0.2, 0) is 14.8 Å². The van der Waals surface area contributed by atoms with Crippen LogP contribution in [-0.4, -0.2) is 48.8 Å². The Bertz CT molecular complexity index is 622. The third-order valence-corrected chi connectivity index (χ3v) is 5.85. The van der Waals surface area contributed by atoms with E-state index in [9.17, 15) is 18.0 Å². The zero-order valence-corrected chi connectivity index (χ0v) is 11.6. The second-order valence-corrected chi connectivity index (χ2v) is 6.84. The summed E-state index contributed by atoms with van der Waals surface area (Å²) < 4.78 is 25.8. The second kappa shape index (κ2) is 4.91. The average Bonchev–Trinajstić information content (AvgIpc) is 2.82. The van der Waals surface area contributed by atoms with Crippen molar-refractivity contribution in [2.75, 3.05) is 13.1 Å². The molecule has 7 nitrogen and oxygen atoms in total. The lowest BCUT2D eigenvalue weighted by Crippen LogP contribution is -2.55. The van der Waals surface area contributed by atoms with Gasteiger partial charge in [-0.05, 0) is 13.0 Å². The number of nitrogens with zero attached hydrogens (tertiary/aromatic N) is 1. The summed E-state index contributed by atoms with van der Waals surface area (Å²) in [5.41, 5.74) is 0. The molecule has 9 heteroatoms. The van der Waals surface area contributed by atoms with Crippen molar-refractivity contribution in [2.24, 2.45) is 0 Å². The molecular formula is C10H12N2O5S2.